The summed E-state index contributed by atoms with van der Waals surface area (Å²) in [5.74, 6) is 0. The fraction of sp³-hybridized carbons (Fsp3) is 0. The Labute approximate surface area is 76.4 Å². The molecule has 0 saturated carbocycles. The number of nitrogens with one attached hydrogen (secondary N) is 2. The summed E-state index contributed by atoms with van der Waals surface area (Å²) in [6.07, 6.45) is 6.82. The highest BCUT2D eigenvalue weighted by Crippen LogP contribution is 2.14. The summed E-state index contributed by atoms with van der Waals surface area (Å²) in [7, 11) is 0. The van der Waals surface area contributed by atoms with Gasteiger partial charge < -0.3 is 10.4 Å². The Kier molecular flexibility index (Phi) is 1.96. The molecule has 2 N–H and O–H groups in total. The molecule has 2 heteroatoms. The summed E-state index contributed by atoms with van der Waals surface area (Å²) in [4.78, 5) is 3.15. The van der Waals surface area contributed by atoms with E-state index >= 15 is 0 Å². The first-order valence-corrected chi connectivity index (χ1v) is 4.14. The van der Waals surface area contributed by atoms with Crippen molar-refractivity contribution in [2.75, 3.05) is 0 Å². The number of benzene rings is 1. The van der Waals surface area contributed by atoms with E-state index in [4.69, 9.17) is 5.41 Å². The highest BCUT2D eigenvalue weighted by molar-refractivity contribution is 5.83. The predicted octanol–water partition coefficient (Wildman–Crippen LogP) is 2.83. The molecule has 1 aromatic heterocycles. The predicted molar refractivity (Wildman–Crippen MR) is 56.1 cm³/mol. The second kappa shape index (κ2) is 3.27. The SMILES string of the molecule is N=C/C=C\c1ccc2cc[nH]c2c1. The number of allylic oxidation sites excluding steroid dienone is 1. The smallest absolute Gasteiger partial charge is 0.0459 e. The zero-order valence-electron chi connectivity index (χ0n) is 7.12. The summed E-state index contributed by atoms with van der Waals surface area (Å²) in [5, 5.41) is 8.08. The molecular weight excluding hydrogens is 160 g/mol. The van der Waals surface area contributed by atoms with Crippen molar-refractivity contribution in [3.63, 3.8) is 0 Å². The van der Waals surface area contributed by atoms with Crippen LogP contribution in [-0.4, -0.2) is 11.2 Å². The molecule has 13 heavy (non-hydrogen) atoms. The maximum atomic E-state index is 6.87. The van der Waals surface area contributed by atoms with Crippen LogP contribution in [0.25, 0.3) is 17.0 Å². The van der Waals surface area contributed by atoms with Crippen LogP contribution in [0.3, 0.4) is 0 Å². The Morgan fingerprint density at radius 2 is 2.15 bits per heavy atom. The number of aromatic nitrogens is 1. The molecule has 0 unspecified atom stereocenters. The van der Waals surface area contributed by atoms with E-state index in [0.29, 0.717) is 0 Å². The van der Waals surface area contributed by atoms with Gasteiger partial charge in [-0.25, -0.2) is 0 Å². The van der Waals surface area contributed by atoms with Gasteiger partial charge in [0, 0.05) is 17.9 Å². The van der Waals surface area contributed by atoms with Crippen molar-refractivity contribution in [2.24, 2.45) is 0 Å². The molecule has 0 radical (unpaired) electrons. The minimum Gasteiger partial charge on any atom is -0.361 e. The molecule has 0 aliphatic heterocycles. The quantitative estimate of drug-likeness (QED) is 0.650. The zero-order chi connectivity index (χ0) is 9.10. The molecule has 64 valence electrons. The maximum Gasteiger partial charge on any atom is 0.0459 e. The van der Waals surface area contributed by atoms with Gasteiger partial charge >= 0.3 is 0 Å². The molecule has 0 bridgehead atoms. The Morgan fingerprint density at radius 3 is 3.00 bits per heavy atom. The zero-order valence-corrected chi connectivity index (χ0v) is 7.12. The van der Waals surface area contributed by atoms with Gasteiger partial charge in [-0.15, -0.1) is 0 Å². The molecule has 2 rings (SSSR count). The van der Waals surface area contributed by atoms with Gasteiger partial charge in [0.05, 0.1) is 0 Å². The van der Waals surface area contributed by atoms with E-state index in [0.717, 1.165) is 11.1 Å². The van der Waals surface area contributed by atoms with E-state index in [1.54, 1.807) is 6.08 Å². The highest BCUT2D eigenvalue weighted by Gasteiger charge is 1.93. The van der Waals surface area contributed by atoms with Gasteiger partial charge in [0.15, 0.2) is 0 Å². The molecule has 0 amide bonds. The van der Waals surface area contributed by atoms with Gasteiger partial charge in [0.25, 0.3) is 0 Å². The van der Waals surface area contributed by atoms with E-state index in [1.807, 2.05) is 24.4 Å². The molecule has 0 saturated heterocycles. The van der Waals surface area contributed by atoms with Crippen molar-refractivity contribution in [1.29, 1.82) is 5.41 Å². The molecule has 2 aromatic rings. The van der Waals surface area contributed by atoms with Gasteiger partial charge in [0.2, 0.25) is 0 Å². The van der Waals surface area contributed by atoms with Crippen molar-refractivity contribution in [3.05, 3.63) is 42.1 Å². The van der Waals surface area contributed by atoms with Crippen LogP contribution < -0.4 is 0 Å². The summed E-state index contributed by atoms with van der Waals surface area (Å²) in [5.41, 5.74) is 2.24. The Morgan fingerprint density at radius 1 is 1.23 bits per heavy atom. The highest BCUT2D eigenvalue weighted by atomic mass is 14.7. The van der Waals surface area contributed by atoms with Crippen LogP contribution in [0.5, 0.6) is 0 Å². The summed E-state index contributed by atoms with van der Waals surface area (Å²) < 4.78 is 0. The number of H-pyrrole nitrogens is 1. The number of aromatic amines is 1. The third kappa shape index (κ3) is 1.51. The number of hydrogen-bond acceptors (Lipinski definition) is 1. The summed E-state index contributed by atoms with van der Waals surface area (Å²) in [6, 6.07) is 8.21. The molecule has 0 fully saturated rings. The second-order valence-corrected chi connectivity index (χ2v) is 2.85. The van der Waals surface area contributed by atoms with Crippen LogP contribution in [-0.2, 0) is 0 Å². The van der Waals surface area contributed by atoms with Crippen LogP contribution in [0.2, 0.25) is 0 Å². The third-order valence-corrected chi connectivity index (χ3v) is 1.96. The molecule has 1 aromatic carbocycles. The van der Waals surface area contributed by atoms with Crippen molar-refractivity contribution in [2.45, 2.75) is 0 Å². The maximum absolute atomic E-state index is 6.87. The first-order chi connectivity index (χ1) is 6.40. The monoisotopic (exact) mass is 170 g/mol. The number of hydrogen-bond donors (Lipinski definition) is 2. The van der Waals surface area contributed by atoms with Gasteiger partial charge in [-0.1, -0.05) is 18.2 Å². The normalized spacial score (nSPS) is 11.1. The average Bonchev–Trinajstić information content (AvgIpc) is 2.61. The van der Waals surface area contributed by atoms with Gasteiger partial charge in [-0.2, -0.15) is 0 Å². The van der Waals surface area contributed by atoms with Crippen molar-refractivity contribution >= 4 is 23.2 Å². The first-order valence-electron chi connectivity index (χ1n) is 4.14. The number of fused-ring (bicyclic) bond motifs is 1. The largest absolute Gasteiger partial charge is 0.361 e. The lowest BCUT2D eigenvalue weighted by Gasteiger charge is -1.92. The fourth-order valence-corrected chi connectivity index (χ4v) is 1.33. The minimum atomic E-state index is 1.11. The molecule has 0 aliphatic carbocycles. The van der Waals surface area contributed by atoms with Crippen molar-refractivity contribution in [1.82, 2.24) is 4.98 Å². The van der Waals surface area contributed by atoms with Crippen LogP contribution in [0.4, 0.5) is 0 Å². The molecular formula is C11H10N2. The second-order valence-electron chi connectivity index (χ2n) is 2.85. The first kappa shape index (κ1) is 7.80. The molecule has 0 aliphatic rings. The van der Waals surface area contributed by atoms with Crippen LogP contribution in [0.1, 0.15) is 5.56 Å². The minimum absolute atomic E-state index is 1.11. The Bertz CT molecular complexity index is 452. The van der Waals surface area contributed by atoms with Crippen molar-refractivity contribution < 1.29 is 0 Å². The summed E-state index contributed by atoms with van der Waals surface area (Å²) >= 11 is 0. The van der Waals surface area contributed by atoms with Gasteiger partial charge in [-0.3, -0.25) is 0 Å². The topological polar surface area (TPSA) is 39.6 Å². The van der Waals surface area contributed by atoms with Crippen LogP contribution in [0, 0.1) is 5.41 Å². The molecule has 1 heterocycles. The van der Waals surface area contributed by atoms with Gasteiger partial charge in [-0.05, 0) is 29.2 Å². The molecule has 0 spiro atoms. The lowest BCUT2D eigenvalue weighted by Crippen LogP contribution is -1.72. The van der Waals surface area contributed by atoms with Crippen LogP contribution in [0.15, 0.2) is 36.5 Å². The molecule has 0 atom stereocenters. The van der Waals surface area contributed by atoms with Gasteiger partial charge in [0.1, 0.15) is 0 Å². The van der Waals surface area contributed by atoms with Crippen molar-refractivity contribution in [3.8, 4) is 0 Å². The Balaban J connectivity index is 2.47. The summed E-state index contributed by atoms with van der Waals surface area (Å²) in [6.45, 7) is 0. The lowest BCUT2D eigenvalue weighted by molar-refractivity contribution is 1.47. The van der Waals surface area contributed by atoms with E-state index in [2.05, 4.69) is 17.1 Å². The fourth-order valence-electron chi connectivity index (χ4n) is 1.33. The number of rotatable bonds is 2. The van der Waals surface area contributed by atoms with E-state index in [9.17, 15) is 0 Å². The van der Waals surface area contributed by atoms with Crippen LogP contribution >= 0.6 is 0 Å². The van der Waals surface area contributed by atoms with E-state index < -0.39 is 0 Å². The average molecular weight is 170 g/mol. The van der Waals surface area contributed by atoms with E-state index in [1.165, 1.54) is 11.6 Å². The van der Waals surface area contributed by atoms with E-state index in [-0.39, 0.29) is 0 Å². The molecule has 2 nitrogen and oxygen atoms in total. The standard InChI is InChI=1S/C11H10N2/c12-6-1-2-9-3-4-10-5-7-13-11(10)8-9/h1-8,12-13H/b2-1-,12-6?. The lowest BCUT2D eigenvalue weighted by atomic mass is 10.1. The Hall–Kier alpha value is -1.83. The third-order valence-electron chi connectivity index (χ3n) is 1.96.